The highest BCUT2D eigenvalue weighted by molar-refractivity contribution is 5.87. The van der Waals surface area contributed by atoms with E-state index in [2.05, 4.69) is 5.10 Å². The Labute approximate surface area is 113 Å². The highest BCUT2D eigenvalue weighted by atomic mass is 19.3. The maximum atomic E-state index is 13.3. The molecule has 0 unspecified atom stereocenters. The SMILES string of the molecule is COc1cc(C(C)(F)F)nn1-c1ccc(C(=O)O)cc1. The van der Waals surface area contributed by atoms with Gasteiger partial charge in [-0.3, -0.25) is 0 Å². The van der Waals surface area contributed by atoms with E-state index >= 15 is 0 Å². The lowest BCUT2D eigenvalue weighted by Gasteiger charge is -2.07. The Kier molecular flexibility index (Phi) is 3.44. The van der Waals surface area contributed by atoms with E-state index in [0.29, 0.717) is 5.69 Å². The molecule has 0 amide bonds. The molecule has 5 nitrogen and oxygen atoms in total. The second-order valence-electron chi connectivity index (χ2n) is 4.22. The molecule has 1 heterocycles. The first kappa shape index (κ1) is 14.0. The fraction of sp³-hybridized carbons (Fsp3) is 0.231. The van der Waals surface area contributed by atoms with Crippen LogP contribution >= 0.6 is 0 Å². The molecule has 0 bridgehead atoms. The van der Waals surface area contributed by atoms with Crippen LogP contribution < -0.4 is 4.74 Å². The van der Waals surface area contributed by atoms with E-state index in [1.54, 1.807) is 0 Å². The quantitative estimate of drug-likeness (QED) is 0.936. The molecule has 0 atom stereocenters. The van der Waals surface area contributed by atoms with Crippen LogP contribution in [-0.2, 0) is 5.92 Å². The number of halogens is 2. The zero-order valence-corrected chi connectivity index (χ0v) is 10.8. The van der Waals surface area contributed by atoms with Gasteiger partial charge in [-0.2, -0.15) is 13.9 Å². The third kappa shape index (κ3) is 2.61. The van der Waals surface area contributed by atoms with Crippen molar-refractivity contribution in [1.82, 2.24) is 9.78 Å². The number of carboxylic acid groups (broad SMARTS) is 1. The molecule has 0 fully saturated rings. The number of aromatic carboxylic acids is 1. The molecular formula is C13H12F2N2O3. The maximum Gasteiger partial charge on any atom is 0.335 e. The van der Waals surface area contributed by atoms with Crippen molar-refractivity contribution in [3.05, 3.63) is 41.6 Å². The van der Waals surface area contributed by atoms with Crippen molar-refractivity contribution in [3.8, 4) is 11.6 Å². The van der Waals surface area contributed by atoms with Crippen molar-refractivity contribution in [2.24, 2.45) is 0 Å². The zero-order valence-electron chi connectivity index (χ0n) is 10.8. The van der Waals surface area contributed by atoms with E-state index < -0.39 is 17.6 Å². The van der Waals surface area contributed by atoms with Gasteiger partial charge in [0.15, 0.2) is 0 Å². The lowest BCUT2D eigenvalue weighted by molar-refractivity contribution is 0.0124. The van der Waals surface area contributed by atoms with Crippen LogP contribution in [0.25, 0.3) is 5.69 Å². The molecule has 1 aromatic carbocycles. The van der Waals surface area contributed by atoms with Gasteiger partial charge < -0.3 is 9.84 Å². The number of rotatable bonds is 4. The van der Waals surface area contributed by atoms with Crippen LogP contribution in [0.3, 0.4) is 0 Å². The summed E-state index contributed by atoms with van der Waals surface area (Å²) in [5.74, 6) is -4.01. The fourth-order valence-electron chi connectivity index (χ4n) is 1.65. The molecule has 1 aromatic heterocycles. The Balaban J connectivity index is 2.46. The molecule has 0 saturated carbocycles. The zero-order chi connectivity index (χ0) is 14.9. The number of alkyl halides is 2. The average molecular weight is 282 g/mol. The summed E-state index contributed by atoms with van der Waals surface area (Å²) in [7, 11) is 1.34. The third-order valence-corrected chi connectivity index (χ3v) is 2.69. The normalized spacial score (nSPS) is 11.4. The van der Waals surface area contributed by atoms with E-state index in [4.69, 9.17) is 9.84 Å². The summed E-state index contributed by atoms with van der Waals surface area (Å²) in [4.78, 5) is 10.8. The van der Waals surface area contributed by atoms with Crippen molar-refractivity contribution >= 4 is 5.97 Å². The molecule has 1 N–H and O–H groups in total. The second-order valence-corrected chi connectivity index (χ2v) is 4.22. The van der Waals surface area contributed by atoms with Crippen molar-refractivity contribution in [3.63, 3.8) is 0 Å². The Bertz CT molecular complexity index is 630. The number of hydrogen-bond acceptors (Lipinski definition) is 3. The molecule has 0 aliphatic carbocycles. The Hall–Kier alpha value is -2.44. The van der Waals surface area contributed by atoms with E-state index in [1.165, 1.54) is 36.1 Å². The molecule has 20 heavy (non-hydrogen) atoms. The number of hydrogen-bond donors (Lipinski definition) is 1. The third-order valence-electron chi connectivity index (χ3n) is 2.69. The van der Waals surface area contributed by atoms with Gasteiger partial charge in [-0.25, -0.2) is 9.48 Å². The van der Waals surface area contributed by atoms with E-state index in [1.807, 2.05) is 0 Å². The first-order chi connectivity index (χ1) is 9.32. The summed E-state index contributed by atoms with van der Waals surface area (Å²) in [5, 5.41) is 12.6. The van der Waals surface area contributed by atoms with Gasteiger partial charge in [0.2, 0.25) is 5.88 Å². The summed E-state index contributed by atoms with van der Waals surface area (Å²) in [6, 6.07) is 6.81. The Morgan fingerprint density at radius 2 is 1.95 bits per heavy atom. The van der Waals surface area contributed by atoms with E-state index in [-0.39, 0.29) is 11.4 Å². The number of benzene rings is 1. The number of carboxylic acids is 1. The number of aromatic nitrogens is 2. The van der Waals surface area contributed by atoms with Crippen LogP contribution in [0.15, 0.2) is 30.3 Å². The molecule has 0 aliphatic rings. The first-order valence-electron chi connectivity index (χ1n) is 5.69. The molecule has 106 valence electrons. The van der Waals surface area contributed by atoms with Crippen molar-refractivity contribution in [2.45, 2.75) is 12.8 Å². The van der Waals surface area contributed by atoms with Gasteiger partial charge >= 0.3 is 5.97 Å². The van der Waals surface area contributed by atoms with Crippen LogP contribution in [-0.4, -0.2) is 28.0 Å². The molecule has 0 spiro atoms. The van der Waals surface area contributed by atoms with Gasteiger partial charge in [0.25, 0.3) is 5.92 Å². The summed E-state index contributed by atoms with van der Waals surface area (Å²) < 4.78 is 32.7. The van der Waals surface area contributed by atoms with Crippen LogP contribution in [0.2, 0.25) is 0 Å². The molecular weight excluding hydrogens is 270 g/mol. The lowest BCUT2D eigenvalue weighted by Crippen LogP contribution is -2.09. The van der Waals surface area contributed by atoms with Crippen LogP contribution in [0.1, 0.15) is 23.0 Å². The lowest BCUT2D eigenvalue weighted by atomic mass is 10.2. The second kappa shape index (κ2) is 4.92. The maximum absolute atomic E-state index is 13.3. The number of ether oxygens (including phenoxy) is 1. The molecule has 2 rings (SSSR count). The van der Waals surface area contributed by atoms with Gasteiger partial charge in [-0.05, 0) is 24.3 Å². The number of methoxy groups -OCH3 is 1. The van der Waals surface area contributed by atoms with E-state index in [9.17, 15) is 13.6 Å². The number of carbonyl (C=O) groups is 1. The van der Waals surface area contributed by atoms with E-state index in [0.717, 1.165) is 13.0 Å². The van der Waals surface area contributed by atoms with Crippen molar-refractivity contribution < 1.29 is 23.4 Å². The van der Waals surface area contributed by atoms with Crippen molar-refractivity contribution in [1.29, 1.82) is 0 Å². The monoisotopic (exact) mass is 282 g/mol. The molecule has 0 saturated heterocycles. The smallest absolute Gasteiger partial charge is 0.335 e. The summed E-state index contributed by atoms with van der Waals surface area (Å²) in [6.45, 7) is 0.743. The Morgan fingerprint density at radius 3 is 2.40 bits per heavy atom. The van der Waals surface area contributed by atoms with Crippen LogP contribution in [0.4, 0.5) is 8.78 Å². The predicted octanol–water partition coefficient (Wildman–Crippen LogP) is 2.69. The van der Waals surface area contributed by atoms with Gasteiger partial charge in [0.05, 0.1) is 18.4 Å². The largest absolute Gasteiger partial charge is 0.481 e. The van der Waals surface area contributed by atoms with Crippen molar-refractivity contribution in [2.75, 3.05) is 7.11 Å². The summed E-state index contributed by atoms with van der Waals surface area (Å²) >= 11 is 0. The molecule has 2 aromatic rings. The molecule has 0 radical (unpaired) electrons. The van der Waals surface area contributed by atoms with Gasteiger partial charge in [-0.15, -0.1) is 0 Å². The minimum atomic E-state index is -3.08. The number of nitrogens with zero attached hydrogens (tertiary/aromatic N) is 2. The highest BCUT2D eigenvalue weighted by Gasteiger charge is 2.29. The topological polar surface area (TPSA) is 64.4 Å². The average Bonchev–Trinajstić information content (AvgIpc) is 2.82. The highest BCUT2D eigenvalue weighted by Crippen LogP contribution is 2.30. The van der Waals surface area contributed by atoms with Crippen LogP contribution in [0.5, 0.6) is 5.88 Å². The van der Waals surface area contributed by atoms with Gasteiger partial charge in [-0.1, -0.05) is 0 Å². The first-order valence-corrected chi connectivity index (χ1v) is 5.69. The van der Waals surface area contributed by atoms with Gasteiger partial charge in [0.1, 0.15) is 5.69 Å². The summed E-state index contributed by atoms with van der Waals surface area (Å²) in [6.07, 6.45) is 0. The van der Waals surface area contributed by atoms with Gasteiger partial charge in [0, 0.05) is 13.0 Å². The summed E-state index contributed by atoms with van der Waals surface area (Å²) in [5.41, 5.74) is 0.111. The molecule has 0 aliphatic heterocycles. The fourth-order valence-corrected chi connectivity index (χ4v) is 1.65. The molecule has 7 heteroatoms. The minimum Gasteiger partial charge on any atom is -0.481 e. The standard InChI is InChI=1S/C13H12F2N2O3/c1-13(14,15)10-7-11(20-2)17(16-10)9-5-3-8(4-6-9)12(18)19/h3-7H,1-2H3,(H,18,19). The Morgan fingerprint density at radius 1 is 1.35 bits per heavy atom. The predicted molar refractivity (Wildman–Crippen MR) is 66.6 cm³/mol. The van der Waals surface area contributed by atoms with Crippen LogP contribution in [0, 0.1) is 0 Å². The minimum absolute atomic E-state index is 0.0981.